The van der Waals surface area contributed by atoms with Crippen molar-refractivity contribution in [2.75, 3.05) is 63.9 Å². The molecule has 3 aliphatic rings. The first-order valence-electron chi connectivity index (χ1n) is 13.2. The minimum absolute atomic E-state index is 0.141. The van der Waals surface area contributed by atoms with E-state index in [0.717, 1.165) is 84.5 Å². The van der Waals surface area contributed by atoms with E-state index in [1.807, 2.05) is 6.07 Å². The first-order chi connectivity index (χ1) is 16.6. The van der Waals surface area contributed by atoms with Crippen LogP contribution in [0.4, 0.5) is 5.69 Å². The molecule has 34 heavy (non-hydrogen) atoms. The van der Waals surface area contributed by atoms with Crippen molar-refractivity contribution in [1.82, 2.24) is 9.80 Å². The second-order valence-electron chi connectivity index (χ2n) is 10.2. The number of nitrogens with zero attached hydrogens (tertiary/aromatic N) is 3. The summed E-state index contributed by atoms with van der Waals surface area (Å²) in [6.45, 7) is 7.78. The molecule has 2 atom stereocenters. The molecule has 1 amide bonds. The molecule has 1 aliphatic carbocycles. The topological polar surface area (TPSA) is 73.3 Å². The Morgan fingerprint density at radius 1 is 0.971 bits per heavy atom. The molecule has 1 saturated carbocycles. The number of rotatable bonds is 10. The van der Waals surface area contributed by atoms with Gasteiger partial charge in [-0.05, 0) is 49.7 Å². The molecule has 1 aromatic rings. The minimum atomic E-state index is -0.724. The van der Waals surface area contributed by atoms with Gasteiger partial charge in [-0.25, -0.2) is 0 Å². The Bertz CT molecular complexity index is 777. The van der Waals surface area contributed by atoms with Gasteiger partial charge in [0.1, 0.15) is 0 Å². The Morgan fingerprint density at radius 2 is 1.71 bits per heavy atom. The first kappa shape index (κ1) is 25.0. The molecule has 7 heteroatoms. The van der Waals surface area contributed by atoms with E-state index in [2.05, 4.69) is 39.0 Å². The average molecular weight is 472 g/mol. The highest BCUT2D eigenvalue weighted by atomic mass is 16.5. The molecule has 2 aliphatic heterocycles. The molecule has 188 valence electrons. The summed E-state index contributed by atoms with van der Waals surface area (Å²) in [6.07, 6.45) is 6.26. The van der Waals surface area contributed by atoms with Crippen LogP contribution in [0, 0.1) is 17.8 Å². The zero-order chi connectivity index (χ0) is 23.8. The number of carbonyl (C=O) groups is 2. The lowest BCUT2D eigenvalue weighted by atomic mass is 9.80. The molecule has 4 rings (SSSR count). The zero-order valence-corrected chi connectivity index (χ0v) is 20.4. The van der Waals surface area contributed by atoms with Gasteiger partial charge in [0.2, 0.25) is 5.91 Å². The third-order valence-corrected chi connectivity index (χ3v) is 8.03. The number of hydrogen-bond donors (Lipinski definition) is 1. The van der Waals surface area contributed by atoms with Crippen LogP contribution in [-0.4, -0.2) is 85.8 Å². The molecule has 0 unspecified atom stereocenters. The quantitative estimate of drug-likeness (QED) is 0.564. The van der Waals surface area contributed by atoms with Gasteiger partial charge in [-0.1, -0.05) is 31.0 Å². The van der Waals surface area contributed by atoms with E-state index in [0.29, 0.717) is 19.0 Å². The van der Waals surface area contributed by atoms with Crippen molar-refractivity contribution in [3.05, 3.63) is 30.3 Å². The maximum atomic E-state index is 13.1. The zero-order valence-electron chi connectivity index (χ0n) is 20.4. The summed E-state index contributed by atoms with van der Waals surface area (Å²) in [5.74, 6) is 0.138. The summed E-state index contributed by atoms with van der Waals surface area (Å²) in [5, 5.41) is 9.51. The van der Waals surface area contributed by atoms with Crippen molar-refractivity contribution in [3.8, 4) is 0 Å². The van der Waals surface area contributed by atoms with E-state index in [9.17, 15) is 14.7 Å². The van der Waals surface area contributed by atoms with Crippen LogP contribution in [-0.2, 0) is 14.3 Å². The molecule has 2 saturated heterocycles. The van der Waals surface area contributed by atoms with Crippen LogP contribution in [0.1, 0.15) is 44.9 Å². The lowest BCUT2D eigenvalue weighted by Gasteiger charge is -2.40. The van der Waals surface area contributed by atoms with Gasteiger partial charge in [0.25, 0.3) is 0 Å². The van der Waals surface area contributed by atoms with Crippen molar-refractivity contribution in [2.45, 2.75) is 44.9 Å². The van der Waals surface area contributed by atoms with E-state index in [1.165, 1.54) is 5.69 Å². The Labute approximate surface area is 204 Å². The van der Waals surface area contributed by atoms with E-state index in [4.69, 9.17) is 4.74 Å². The lowest BCUT2D eigenvalue weighted by molar-refractivity contribution is -0.141. The minimum Gasteiger partial charge on any atom is -0.481 e. The van der Waals surface area contributed by atoms with E-state index < -0.39 is 5.97 Å². The molecule has 7 nitrogen and oxygen atoms in total. The number of ether oxygens (including phenoxy) is 1. The Kier molecular flexibility index (Phi) is 9.22. The third kappa shape index (κ3) is 6.95. The third-order valence-electron chi connectivity index (χ3n) is 8.03. The monoisotopic (exact) mass is 471 g/mol. The summed E-state index contributed by atoms with van der Waals surface area (Å²) in [4.78, 5) is 31.6. The van der Waals surface area contributed by atoms with Crippen LogP contribution in [0.5, 0.6) is 0 Å². The number of carboxylic acids is 1. The average Bonchev–Trinajstić information content (AvgIpc) is 3.40. The number of anilines is 1. The number of morpholine rings is 1. The molecule has 0 radical (unpaired) electrons. The highest BCUT2D eigenvalue weighted by molar-refractivity contribution is 5.79. The van der Waals surface area contributed by atoms with Gasteiger partial charge in [0.15, 0.2) is 0 Å². The summed E-state index contributed by atoms with van der Waals surface area (Å²) >= 11 is 0. The normalized spacial score (nSPS) is 24.3. The number of amides is 1. The maximum absolute atomic E-state index is 13.1. The molecule has 1 aromatic carbocycles. The van der Waals surface area contributed by atoms with Gasteiger partial charge in [-0.15, -0.1) is 0 Å². The van der Waals surface area contributed by atoms with Crippen LogP contribution in [0.15, 0.2) is 30.3 Å². The predicted octanol–water partition coefficient (Wildman–Crippen LogP) is 3.34. The molecule has 2 heterocycles. The van der Waals surface area contributed by atoms with Crippen LogP contribution in [0.2, 0.25) is 0 Å². The molecule has 1 N–H and O–H groups in total. The SMILES string of the molecule is O=C(O)C[C@@H]1CCN(C(=O)C2CCCC2)C[C@H]1CCN(CCN1CCOCC1)c1ccccc1. The van der Waals surface area contributed by atoms with Crippen molar-refractivity contribution in [3.63, 3.8) is 0 Å². The summed E-state index contributed by atoms with van der Waals surface area (Å²) in [5.41, 5.74) is 1.21. The largest absolute Gasteiger partial charge is 0.481 e. The van der Waals surface area contributed by atoms with Crippen LogP contribution in [0.25, 0.3) is 0 Å². The van der Waals surface area contributed by atoms with Gasteiger partial charge in [-0.2, -0.15) is 0 Å². The van der Waals surface area contributed by atoms with Crippen LogP contribution < -0.4 is 4.90 Å². The van der Waals surface area contributed by atoms with E-state index >= 15 is 0 Å². The van der Waals surface area contributed by atoms with Gasteiger partial charge >= 0.3 is 5.97 Å². The number of aliphatic carboxylic acids is 1. The molecule has 0 bridgehead atoms. The second kappa shape index (κ2) is 12.5. The first-order valence-corrected chi connectivity index (χ1v) is 13.2. The summed E-state index contributed by atoms with van der Waals surface area (Å²) < 4.78 is 5.49. The smallest absolute Gasteiger partial charge is 0.303 e. The lowest BCUT2D eigenvalue weighted by Crippen LogP contribution is -2.47. The number of carbonyl (C=O) groups excluding carboxylic acids is 1. The van der Waals surface area contributed by atoms with E-state index in [-0.39, 0.29) is 24.2 Å². The fourth-order valence-electron chi connectivity index (χ4n) is 5.95. The Balaban J connectivity index is 1.40. The molecule has 3 fully saturated rings. The Hall–Kier alpha value is -2.12. The highest BCUT2D eigenvalue weighted by Crippen LogP contribution is 2.33. The van der Waals surface area contributed by atoms with Crippen molar-refractivity contribution < 1.29 is 19.4 Å². The van der Waals surface area contributed by atoms with Crippen molar-refractivity contribution in [1.29, 1.82) is 0 Å². The molecule has 0 aromatic heterocycles. The van der Waals surface area contributed by atoms with Gasteiger partial charge in [0.05, 0.1) is 13.2 Å². The van der Waals surface area contributed by atoms with Crippen LogP contribution in [0.3, 0.4) is 0 Å². The molecular weight excluding hydrogens is 430 g/mol. The number of para-hydroxylation sites is 1. The number of piperidine rings is 1. The van der Waals surface area contributed by atoms with Crippen LogP contribution >= 0.6 is 0 Å². The Morgan fingerprint density at radius 3 is 2.41 bits per heavy atom. The summed E-state index contributed by atoms with van der Waals surface area (Å²) in [7, 11) is 0. The maximum Gasteiger partial charge on any atom is 0.303 e. The summed E-state index contributed by atoms with van der Waals surface area (Å²) in [6, 6.07) is 10.5. The van der Waals surface area contributed by atoms with E-state index in [1.54, 1.807) is 0 Å². The van der Waals surface area contributed by atoms with Gasteiger partial charge in [-0.3, -0.25) is 14.5 Å². The second-order valence-corrected chi connectivity index (χ2v) is 10.2. The van der Waals surface area contributed by atoms with Crippen molar-refractivity contribution in [2.24, 2.45) is 17.8 Å². The van der Waals surface area contributed by atoms with Crippen molar-refractivity contribution >= 4 is 17.6 Å². The number of benzene rings is 1. The molecule has 0 spiro atoms. The number of carboxylic acid groups (broad SMARTS) is 1. The standard InChI is InChI=1S/C27H41N3O4/c31-26(32)20-23-10-13-30(27(33)22-6-4-5-7-22)21-24(23)11-12-29(25-8-2-1-3-9-25)15-14-28-16-18-34-19-17-28/h1-3,8-9,22-24H,4-7,10-21H2,(H,31,32)/t23-,24+/m0/s1. The van der Waals surface area contributed by atoms with Gasteiger partial charge in [0, 0.05) is 63.8 Å². The predicted molar refractivity (Wildman–Crippen MR) is 133 cm³/mol. The number of hydrogen-bond acceptors (Lipinski definition) is 5. The van der Waals surface area contributed by atoms with Gasteiger partial charge < -0.3 is 19.6 Å². The highest BCUT2D eigenvalue weighted by Gasteiger charge is 2.35. The number of likely N-dealkylation sites (tertiary alicyclic amines) is 1. The fourth-order valence-corrected chi connectivity index (χ4v) is 5.95. The molecular formula is C27H41N3O4. The fraction of sp³-hybridized carbons (Fsp3) is 0.704.